The lowest BCUT2D eigenvalue weighted by Gasteiger charge is -2.01. The molecular weight excluding hydrogens is 120 g/mol. The van der Waals surface area contributed by atoms with Crippen molar-refractivity contribution >= 4 is 5.97 Å². The number of carbonyl (C=O) groups is 1. The summed E-state index contributed by atoms with van der Waals surface area (Å²) in [5.41, 5.74) is 0.0463. The molecule has 3 heteroatoms. The average molecular weight is 130 g/mol. The summed E-state index contributed by atoms with van der Waals surface area (Å²) >= 11 is 0. The van der Waals surface area contributed by atoms with Crippen LogP contribution in [0.25, 0.3) is 0 Å². The van der Waals surface area contributed by atoms with Gasteiger partial charge in [0, 0.05) is 12.0 Å². The van der Waals surface area contributed by atoms with Crippen LogP contribution in [0.2, 0.25) is 0 Å². The fourth-order valence-corrected chi connectivity index (χ4v) is 0.444. The highest BCUT2D eigenvalue weighted by Crippen LogP contribution is 2.01. The Morgan fingerprint density at radius 3 is 2.33 bits per heavy atom. The molecule has 0 spiro atoms. The van der Waals surface area contributed by atoms with E-state index >= 15 is 0 Å². The van der Waals surface area contributed by atoms with Gasteiger partial charge in [0.2, 0.25) is 0 Å². The normalized spacial score (nSPS) is 12.7. The van der Waals surface area contributed by atoms with E-state index in [0.717, 1.165) is 0 Å². The Morgan fingerprint density at radius 1 is 1.78 bits per heavy atom. The zero-order valence-electron chi connectivity index (χ0n) is 5.29. The number of hydrogen-bond donors (Lipinski definition) is 2. The zero-order chi connectivity index (χ0) is 7.44. The smallest absolute Gasteiger partial charge is 0.331 e. The molecule has 52 valence electrons. The summed E-state index contributed by atoms with van der Waals surface area (Å²) in [6, 6.07) is 0. The van der Waals surface area contributed by atoms with Gasteiger partial charge in [-0.15, -0.1) is 0 Å². The SMILES string of the molecule is C=C(C[C@@H](C)O)C(=O)O. The Bertz CT molecular complexity index is 126. The minimum Gasteiger partial charge on any atom is -0.478 e. The monoisotopic (exact) mass is 130 g/mol. The molecule has 1 atom stereocenters. The van der Waals surface area contributed by atoms with E-state index in [-0.39, 0.29) is 12.0 Å². The van der Waals surface area contributed by atoms with Crippen molar-refractivity contribution in [3.8, 4) is 0 Å². The number of carboxylic acid groups (broad SMARTS) is 1. The molecule has 0 aliphatic carbocycles. The maximum absolute atomic E-state index is 10.0. The third kappa shape index (κ3) is 3.73. The van der Waals surface area contributed by atoms with Crippen molar-refractivity contribution < 1.29 is 15.0 Å². The molecule has 0 aromatic rings. The van der Waals surface area contributed by atoms with Gasteiger partial charge >= 0.3 is 5.97 Å². The minimum atomic E-state index is -1.05. The third-order valence-corrected chi connectivity index (χ3v) is 0.844. The standard InChI is InChI=1S/C6H10O3/c1-4(6(8)9)3-5(2)7/h5,7H,1,3H2,2H3,(H,8,9)/t5-/m1/s1. The lowest BCUT2D eigenvalue weighted by atomic mass is 10.1. The van der Waals surface area contributed by atoms with Crippen LogP contribution < -0.4 is 0 Å². The Labute approximate surface area is 53.6 Å². The molecule has 0 aliphatic rings. The van der Waals surface area contributed by atoms with Crippen molar-refractivity contribution in [1.82, 2.24) is 0 Å². The summed E-state index contributed by atoms with van der Waals surface area (Å²) < 4.78 is 0. The lowest BCUT2D eigenvalue weighted by molar-refractivity contribution is -0.133. The summed E-state index contributed by atoms with van der Waals surface area (Å²) in [5.74, 6) is -1.05. The van der Waals surface area contributed by atoms with Gasteiger partial charge in [-0.05, 0) is 6.92 Å². The van der Waals surface area contributed by atoms with Crippen LogP contribution in [-0.4, -0.2) is 22.3 Å². The number of carboxylic acids is 1. The fourth-order valence-electron chi connectivity index (χ4n) is 0.444. The van der Waals surface area contributed by atoms with Crippen LogP contribution in [0.15, 0.2) is 12.2 Å². The van der Waals surface area contributed by atoms with E-state index in [4.69, 9.17) is 10.2 Å². The summed E-state index contributed by atoms with van der Waals surface area (Å²) in [6.07, 6.45) is -0.483. The second-order valence-corrected chi connectivity index (χ2v) is 1.96. The van der Waals surface area contributed by atoms with E-state index in [2.05, 4.69) is 6.58 Å². The van der Waals surface area contributed by atoms with Crippen molar-refractivity contribution in [3.63, 3.8) is 0 Å². The average Bonchev–Trinajstić information content (AvgIpc) is 1.63. The first kappa shape index (κ1) is 8.17. The van der Waals surface area contributed by atoms with Crippen LogP contribution >= 0.6 is 0 Å². The van der Waals surface area contributed by atoms with Crippen molar-refractivity contribution in [2.24, 2.45) is 0 Å². The molecular formula is C6H10O3. The van der Waals surface area contributed by atoms with Gasteiger partial charge in [-0.3, -0.25) is 0 Å². The summed E-state index contributed by atoms with van der Waals surface area (Å²) in [5, 5.41) is 16.9. The van der Waals surface area contributed by atoms with Gasteiger partial charge in [-0.2, -0.15) is 0 Å². The molecule has 9 heavy (non-hydrogen) atoms. The zero-order valence-corrected chi connectivity index (χ0v) is 5.29. The molecule has 3 nitrogen and oxygen atoms in total. The first-order chi connectivity index (χ1) is 4.04. The predicted molar refractivity (Wildman–Crippen MR) is 33.1 cm³/mol. The molecule has 0 aromatic carbocycles. The van der Waals surface area contributed by atoms with E-state index in [1.165, 1.54) is 6.92 Å². The molecule has 0 radical (unpaired) electrons. The first-order valence-corrected chi connectivity index (χ1v) is 2.63. The number of hydrogen-bond acceptors (Lipinski definition) is 2. The number of aliphatic hydroxyl groups is 1. The highest BCUT2D eigenvalue weighted by Gasteiger charge is 2.05. The Kier molecular flexibility index (Phi) is 2.95. The van der Waals surface area contributed by atoms with Gasteiger partial charge in [-0.25, -0.2) is 4.79 Å². The molecule has 0 rings (SSSR count). The largest absolute Gasteiger partial charge is 0.478 e. The topological polar surface area (TPSA) is 57.5 Å². The highest BCUT2D eigenvalue weighted by atomic mass is 16.4. The summed E-state index contributed by atoms with van der Waals surface area (Å²) in [7, 11) is 0. The third-order valence-electron chi connectivity index (χ3n) is 0.844. The molecule has 0 saturated heterocycles. The maximum atomic E-state index is 10.0. The maximum Gasteiger partial charge on any atom is 0.331 e. The Hall–Kier alpha value is -0.830. The van der Waals surface area contributed by atoms with Gasteiger partial charge in [0.05, 0.1) is 6.10 Å². The van der Waals surface area contributed by atoms with Crippen LogP contribution in [0.3, 0.4) is 0 Å². The van der Waals surface area contributed by atoms with Gasteiger partial charge in [0.1, 0.15) is 0 Å². The predicted octanol–water partition coefficient (Wildman–Crippen LogP) is 0.398. The first-order valence-electron chi connectivity index (χ1n) is 2.63. The van der Waals surface area contributed by atoms with E-state index in [9.17, 15) is 4.79 Å². The van der Waals surface area contributed by atoms with Gasteiger partial charge < -0.3 is 10.2 Å². The second kappa shape index (κ2) is 3.25. The van der Waals surface area contributed by atoms with Crippen molar-refractivity contribution in [2.75, 3.05) is 0 Å². The molecule has 0 aromatic heterocycles. The van der Waals surface area contributed by atoms with Gasteiger partial charge in [0.15, 0.2) is 0 Å². The molecule has 0 unspecified atom stereocenters. The lowest BCUT2D eigenvalue weighted by Crippen LogP contribution is -2.07. The second-order valence-electron chi connectivity index (χ2n) is 1.96. The van der Waals surface area contributed by atoms with Crippen LogP contribution in [0.5, 0.6) is 0 Å². The van der Waals surface area contributed by atoms with E-state index in [1.54, 1.807) is 0 Å². The minimum absolute atomic E-state index is 0.0463. The molecule has 0 fully saturated rings. The fraction of sp³-hybridized carbons (Fsp3) is 0.500. The number of aliphatic carboxylic acids is 1. The molecule has 0 bridgehead atoms. The highest BCUT2D eigenvalue weighted by molar-refractivity contribution is 5.85. The summed E-state index contributed by atoms with van der Waals surface area (Å²) in [6.45, 7) is 4.76. The molecule has 0 heterocycles. The van der Waals surface area contributed by atoms with Crippen molar-refractivity contribution in [2.45, 2.75) is 19.4 Å². The molecule has 0 aliphatic heterocycles. The van der Waals surface area contributed by atoms with Gasteiger partial charge in [-0.1, -0.05) is 6.58 Å². The number of rotatable bonds is 3. The van der Waals surface area contributed by atoms with Crippen LogP contribution in [0.1, 0.15) is 13.3 Å². The van der Waals surface area contributed by atoms with Gasteiger partial charge in [0.25, 0.3) is 0 Å². The molecule has 2 N–H and O–H groups in total. The van der Waals surface area contributed by atoms with Crippen molar-refractivity contribution in [3.05, 3.63) is 12.2 Å². The quantitative estimate of drug-likeness (QED) is 0.543. The summed E-state index contributed by atoms with van der Waals surface area (Å²) in [4.78, 5) is 10.0. The van der Waals surface area contributed by atoms with Crippen LogP contribution in [-0.2, 0) is 4.79 Å². The van der Waals surface area contributed by atoms with Crippen LogP contribution in [0, 0.1) is 0 Å². The molecule has 0 amide bonds. The van der Waals surface area contributed by atoms with E-state index < -0.39 is 12.1 Å². The van der Waals surface area contributed by atoms with E-state index in [1.807, 2.05) is 0 Å². The Balaban J connectivity index is 3.65. The van der Waals surface area contributed by atoms with E-state index in [0.29, 0.717) is 0 Å². The molecule has 0 saturated carbocycles. The Morgan fingerprint density at radius 2 is 2.22 bits per heavy atom. The van der Waals surface area contributed by atoms with Crippen molar-refractivity contribution in [1.29, 1.82) is 0 Å². The number of aliphatic hydroxyl groups excluding tert-OH is 1. The van der Waals surface area contributed by atoms with Crippen LogP contribution in [0.4, 0.5) is 0 Å².